The van der Waals surface area contributed by atoms with Gasteiger partial charge >= 0.3 is 0 Å². The molecule has 3 nitrogen and oxygen atoms in total. The maximum Gasteiger partial charge on any atom is 0.131 e. The van der Waals surface area contributed by atoms with Crippen molar-refractivity contribution < 1.29 is 0 Å². The van der Waals surface area contributed by atoms with Gasteiger partial charge in [0.15, 0.2) is 0 Å². The number of nitrogens with zero attached hydrogens (tertiary/aromatic N) is 2. The third kappa shape index (κ3) is 2.98. The maximum atomic E-state index is 4.89. The van der Waals surface area contributed by atoms with Gasteiger partial charge in [-0.15, -0.1) is 0 Å². The van der Waals surface area contributed by atoms with Crippen molar-refractivity contribution in [3.63, 3.8) is 0 Å². The normalized spacial score (nSPS) is 14.9. The quantitative estimate of drug-likeness (QED) is 0.913. The molecule has 2 aromatic rings. The summed E-state index contributed by atoms with van der Waals surface area (Å²) in [6, 6.07) is 8.68. The molecule has 0 amide bonds. The van der Waals surface area contributed by atoms with Gasteiger partial charge in [-0.05, 0) is 26.3 Å². The fourth-order valence-electron chi connectivity index (χ4n) is 2.76. The third-order valence-electron chi connectivity index (χ3n) is 4.02. The van der Waals surface area contributed by atoms with Gasteiger partial charge in [-0.1, -0.05) is 43.7 Å². The third-order valence-corrected chi connectivity index (χ3v) is 4.02. The molecule has 1 aromatic heterocycles. The fourth-order valence-corrected chi connectivity index (χ4v) is 2.76. The largest absolute Gasteiger partial charge is 0.311 e. The van der Waals surface area contributed by atoms with Crippen molar-refractivity contribution >= 4 is 0 Å². The average molecular weight is 281 g/mol. The van der Waals surface area contributed by atoms with E-state index in [2.05, 4.69) is 50.4 Å². The van der Waals surface area contributed by atoms with Crippen molar-refractivity contribution in [2.24, 2.45) is 0 Å². The summed E-state index contributed by atoms with van der Waals surface area (Å²) in [5.41, 5.74) is 6.13. The van der Waals surface area contributed by atoms with E-state index < -0.39 is 0 Å². The Labute approximate surface area is 126 Å². The monoisotopic (exact) mass is 281 g/mol. The van der Waals surface area contributed by atoms with E-state index in [1.165, 1.54) is 22.4 Å². The van der Waals surface area contributed by atoms with Crippen LogP contribution >= 0.6 is 0 Å². The molecule has 3 rings (SSSR count). The first-order valence-corrected chi connectivity index (χ1v) is 7.82. The SMILES string of the molecule is Cc1ccc(-c2nc(C(C)C)nc3c2CCCNC3)cc1. The van der Waals surface area contributed by atoms with Crippen LogP contribution in [0, 0.1) is 6.92 Å². The molecule has 0 unspecified atom stereocenters. The molecule has 3 heteroatoms. The molecular weight excluding hydrogens is 258 g/mol. The lowest BCUT2D eigenvalue weighted by atomic mass is 9.99. The molecule has 1 aromatic carbocycles. The van der Waals surface area contributed by atoms with E-state index in [1.54, 1.807) is 0 Å². The van der Waals surface area contributed by atoms with Crippen LogP contribution in [-0.4, -0.2) is 16.5 Å². The Morgan fingerprint density at radius 1 is 1.10 bits per heavy atom. The van der Waals surface area contributed by atoms with Crippen LogP contribution in [0.4, 0.5) is 0 Å². The van der Waals surface area contributed by atoms with Gasteiger partial charge in [-0.2, -0.15) is 0 Å². The molecular formula is C18H23N3. The molecule has 0 radical (unpaired) electrons. The lowest BCUT2D eigenvalue weighted by molar-refractivity contribution is 0.669. The van der Waals surface area contributed by atoms with E-state index in [9.17, 15) is 0 Å². The van der Waals surface area contributed by atoms with E-state index in [4.69, 9.17) is 9.97 Å². The summed E-state index contributed by atoms with van der Waals surface area (Å²) in [5, 5.41) is 3.47. The predicted molar refractivity (Wildman–Crippen MR) is 86.3 cm³/mol. The molecule has 0 spiro atoms. The maximum absolute atomic E-state index is 4.89. The molecule has 0 aliphatic carbocycles. The standard InChI is InChI=1S/C18H23N3/c1-12(2)18-20-16-11-19-10-4-5-15(16)17(21-18)14-8-6-13(3)7-9-14/h6-9,12,19H,4-5,10-11H2,1-3H3. The second-order valence-corrected chi connectivity index (χ2v) is 6.16. The van der Waals surface area contributed by atoms with Crippen LogP contribution in [0.1, 0.15) is 48.8 Å². The number of rotatable bonds is 2. The fraction of sp³-hybridized carbons (Fsp3) is 0.444. The highest BCUT2D eigenvalue weighted by Gasteiger charge is 2.18. The topological polar surface area (TPSA) is 37.8 Å². The number of benzene rings is 1. The van der Waals surface area contributed by atoms with Gasteiger partial charge in [0.1, 0.15) is 5.82 Å². The van der Waals surface area contributed by atoms with Crippen LogP contribution in [0.3, 0.4) is 0 Å². The summed E-state index contributed by atoms with van der Waals surface area (Å²) >= 11 is 0. The number of hydrogen-bond donors (Lipinski definition) is 1. The Morgan fingerprint density at radius 2 is 1.86 bits per heavy atom. The minimum atomic E-state index is 0.350. The molecule has 1 N–H and O–H groups in total. The zero-order valence-corrected chi connectivity index (χ0v) is 13.1. The molecule has 1 aliphatic heterocycles. The van der Waals surface area contributed by atoms with Crippen LogP contribution in [0.15, 0.2) is 24.3 Å². The Kier molecular flexibility index (Phi) is 4.02. The van der Waals surface area contributed by atoms with Crippen LogP contribution < -0.4 is 5.32 Å². The van der Waals surface area contributed by atoms with Gasteiger partial charge < -0.3 is 5.32 Å². The summed E-state index contributed by atoms with van der Waals surface area (Å²) in [5.74, 6) is 1.30. The van der Waals surface area contributed by atoms with Crippen molar-refractivity contribution in [3.05, 3.63) is 46.9 Å². The van der Waals surface area contributed by atoms with Crippen molar-refractivity contribution in [2.45, 2.75) is 46.1 Å². The summed E-state index contributed by atoms with van der Waals surface area (Å²) in [6.07, 6.45) is 2.21. The first-order chi connectivity index (χ1) is 10.1. The zero-order valence-electron chi connectivity index (χ0n) is 13.1. The minimum absolute atomic E-state index is 0.350. The lowest BCUT2D eigenvalue weighted by Crippen LogP contribution is -2.14. The molecule has 21 heavy (non-hydrogen) atoms. The van der Waals surface area contributed by atoms with Crippen molar-refractivity contribution in [3.8, 4) is 11.3 Å². The van der Waals surface area contributed by atoms with E-state index in [1.807, 2.05) is 0 Å². The first kappa shape index (κ1) is 14.2. The molecule has 2 heterocycles. The van der Waals surface area contributed by atoms with Gasteiger partial charge in [0.2, 0.25) is 0 Å². The zero-order chi connectivity index (χ0) is 14.8. The van der Waals surface area contributed by atoms with Crippen molar-refractivity contribution in [1.82, 2.24) is 15.3 Å². The summed E-state index contributed by atoms with van der Waals surface area (Å²) in [7, 11) is 0. The molecule has 110 valence electrons. The van der Waals surface area contributed by atoms with Gasteiger partial charge in [0, 0.05) is 23.6 Å². The van der Waals surface area contributed by atoms with Crippen LogP contribution in [0.5, 0.6) is 0 Å². The van der Waals surface area contributed by atoms with E-state index >= 15 is 0 Å². The van der Waals surface area contributed by atoms with E-state index in [0.717, 1.165) is 37.4 Å². The van der Waals surface area contributed by atoms with Crippen LogP contribution in [0.25, 0.3) is 11.3 Å². The van der Waals surface area contributed by atoms with E-state index in [-0.39, 0.29) is 0 Å². The molecule has 0 atom stereocenters. The highest BCUT2D eigenvalue weighted by atomic mass is 15.0. The number of aryl methyl sites for hydroxylation is 1. The van der Waals surface area contributed by atoms with E-state index in [0.29, 0.717) is 5.92 Å². The molecule has 0 saturated carbocycles. The number of nitrogens with one attached hydrogen (secondary N) is 1. The van der Waals surface area contributed by atoms with Gasteiger partial charge in [-0.25, -0.2) is 9.97 Å². The smallest absolute Gasteiger partial charge is 0.131 e. The number of hydrogen-bond acceptors (Lipinski definition) is 3. The Morgan fingerprint density at radius 3 is 2.57 bits per heavy atom. The highest BCUT2D eigenvalue weighted by Crippen LogP contribution is 2.28. The van der Waals surface area contributed by atoms with Crippen LogP contribution in [0.2, 0.25) is 0 Å². The minimum Gasteiger partial charge on any atom is -0.311 e. The highest BCUT2D eigenvalue weighted by molar-refractivity contribution is 5.64. The Bertz CT molecular complexity index is 630. The van der Waals surface area contributed by atoms with Gasteiger partial charge in [0.05, 0.1) is 11.4 Å². The second kappa shape index (κ2) is 5.94. The summed E-state index contributed by atoms with van der Waals surface area (Å²) < 4.78 is 0. The predicted octanol–water partition coefficient (Wildman–Crippen LogP) is 3.61. The Hall–Kier alpha value is -1.74. The number of fused-ring (bicyclic) bond motifs is 1. The summed E-state index contributed by atoms with van der Waals surface area (Å²) in [6.45, 7) is 8.35. The molecule has 0 fully saturated rings. The van der Waals surface area contributed by atoms with Gasteiger partial charge in [-0.3, -0.25) is 0 Å². The van der Waals surface area contributed by atoms with Gasteiger partial charge in [0.25, 0.3) is 0 Å². The molecule has 1 aliphatic rings. The Balaban J connectivity index is 2.16. The second-order valence-electron chi connectivity index (χ2n) is 6.16. The average Bonchev–Trinajstić information content (AvgIpc) is 2.72. The van der Waals surface area contributed by atoms with Crippen molar-refractivity contribution in [1.29, 1.82) is 0 Å². The first-order valence-electron chi connectivity index (χ1n) is 7.82. The van der Waals surface area contributed by atoms with Crippen molar-refractivity contribution in [2.75, 3.05) is 6.54 Å². The van der Waals surface area contributed by atoms with Crippen LogP contribution in [-0.2, 0) is 13.0 Å². The lowest BCUT2D eigenvalue weighted by Gasteiger charge is -2.15. The number of aromatic nitrogens is 2. The summed E-state index contributed by atoms with van der Waals surface area (Å²) in [4.78, 5) is 9.69. The molecule has 0 saturated heterocycles. The molecule has 0 bridgehead atoms.